The Balaban J connectivity index is 2.01. The summed E-state index contributed by atoms with van der Waals surface area (Å²) in [6, 6.07) is 11.2. The monoisotopic (exact) mass is 372 g/mol. The van der Waals surface area contributed by atoms with Crippen LogP contribution < -0.4 is 0 Å². The molecule has 0 N–H and O–H groups in total. The molecule has 0 radical (unpaired) electrons. The summed E-state index contributed by atoms with van der Waals surface area (Å²) in [6.07, 6.45) is 1.70. The molecule has 0 saturated carbocycles. The van der Waals surface area contributed by atoms with E-state index < -0.39 is 0 Å². The number of fused-ring (bicyclic) bond motifs is 1. The zero-order chi connectivity index (χ0) is 19.3. The van der Waals surface area contributed by atoms with Crippen LogP contribution in [-0.2, 0) is 0 Å². The first-order valence-corrected chi connectivity index (χ1v) is 10.1. The van der Waals surface area contributed by atoms with Gasteiger partial charge in [-0.25, -0.2) is 9.97 Å². The van der Waals surface area contributed by atoms with E-state index in [1.54, 1.807) is 6.33 Å². The van der Waals surface area contributed by atoms with E-state index in [-0.39, 0.29) is 0 Å². The number of aromatic nitrogens is 2. The van der Waals surface area contributed by atoms with Gasteiger partial charge in [0.15, 0.2) is 0 Å². The zero-order valence-corrected chi connectivity index (χ0v) is 17.6. The summed E-state index contributed by atoms with van der Waals surface area (Å²) in [5, 5.41) is 0. The quantitative estimate of drug-likeness (QED) is 0.383. The van der Waals surface area contributed by atoms with E-state index in [9.17, 15) is 0 Å². The van der Waals surface area contributed by atoms with E-state index in [4.69, 9.17) is 0 Å². The summed E-state index contributed by atoms with van der Waals surface area (Å²) in [5.74, 6) is 0. The predicted octanol–water partition coefficient (Wildman–Crippen LogP) is 6.88. The summed E-state index contributed by atoms with van der Waals surface area (Å²) < 4.78 is 1.18. The molecule has 27 heavy (non-hydrogen) atoms. The largest absolute Gasteiger partial charge is 0.235 e. The number of aryl methyl sites for hydroxylation is 6. The second-order valence-corrected chi connectivity index (χ2v) is 8.63. The van der Waals surface area contributed by atoms with Crippen molar-refractivity contribution in [1.82, 2.24) is 9.97 Å². The van der Waals surface area contributed by atoms with Gasteiger partial charge in [-0.3, -0.25) is 0 Å². The molecular weight excluding hydrogens is 348 g/mol. The standard InChI is InChI=1S/C24H24N2S/c1-13-7-14(2)11-19(10-13)22-24-21(25-12-26-22)18(6)23(27-24)20-16(4)8-15(3)9-17(20)5/h7-12H,1-6H3. The van der Waals surface area contributed by atoms with Gasteiger partial charge in [-0.15, -0.1) is 11.3 Å². The second kappa shape index (κ2) is 6.58. The van der Waals surface area contributed by atoms with Crippen LogP contribution in [0.2, 0.25) is 0 Å². The Labute approximate surface area is 164 Å². The van der Waals surface area contributed by atoms with E-state index in [1.165, 1.54) is 54.1 Å². The third-order valence-electron chi connectivity index (χ3n) is 5.10. The van der Waals surface area contributed by atoms with Crippen LogP contribution >= 0.6 is 11.3 Å². The van der Waals surface area contributed by atoms with Gasteiger partial charge in [0.1, 0.15) is 6.33 Å². The molecule has 0 spiro atoms. The van der Waals surface area contributed by atoms with E-state index in [0.717, 1.165) is 11.2 Å². The van der Waals surface area contributed by atoms with Crippen molar-refractivity contribution in [3.8, 4) is 21.7 Å². The molecule has 0 aliphatic carbocycles. The highest BCUT2D eigenvalue weighted by Crippen LogP contribution is 2.43. The minimum Gasteiger partial charge on any atom is -0.235 e. The maximum atomic E-state index is 4.67. The maximum absolute atomic E-state index is 4.67. The molecule has 0 aliphatic heterocycles. The Hall–Kier alpha value is -2.52. The molecule has 3 heteroatoms. The zero-order valence-electron chi connectivity index (χ0n) is 16.8. The number of hydrogen-bond donors (Lipinski definition) is 0. The smallest absolute Gasteiger partial charge is 0.116 e. The highest BCUT2D eigenvalue weighted by Gasteiger charge is 2.19. The summed E-state index contributed by atoms with van der Waals surface area (Å²) in [7, 11) is 0. The molecule has 0 saturated heterocycles. The van der Waals surface area contributed by atoms with Crippen molar-refractivity contribution in [1.29, 1.82) is 0 Å². The number of nitrogens with zero attached hydrogens (tertiary/aromatic N) is 2. The predicted molar refractivity (Wildman–Crippen MR) is 117 cm³/mol. The highest BCUT2D eigenvalue weighted by atomic mass is 32.1. The normalized spacial score (nSPS) is 11.3. The van der Waals surface area contributed by atoms with Crippen molar-refractivity contribution in [3.05, 3.63) is 70.0 Å². The third-order valence-corrected chi connectivity index (χ3v) is 6.41. The van der Waals surface area contributed by atoms with Crippen molar-refractivity contribution in [2.75, 3.05) is 0 Å². The molecule has 0 unspecified atom stereocenters. The summed E-state index contributed by atoms with van der Waals surface area (Å²) in [4.78, 5) is 10.6. The number of hydrogen-bond acceptors (Lipinski definition) is 3. The molecule has 0 amide bonds. The fourth-order valence-corrected chi connectivity index (χ4v) is 5.57. The topological polar surface area (TPSA) is 25.8 Å². The second-order valence-electron chi connectivity index (χ2n) is 7.61. The Kier molecular flexibility index (Phi) is 4.35. The molecule has 0 fully saturated rings. The lowest BCUT2D eigenvalue weighted by molar-refractivity contribution is 1.22. The number of thiophene rings is 1. The highest BCUT2D eigenvalue weighted by molar-refractivity contribution is 7.23. The van der Waals surface area contributed by atoms with Crippen LogP contribution in [0.3, 0.4) is 0 Å². The fourth-order valence-electron chi connectivity index (χ4n) is 4.12. The lowest BCUT2D eigenvalue weighted by Crippen LogP contribution is -1.90. The molecule has 2 aromatic carbocycles. The van der Waals surface area contributed by atoms with E-state index in [0.29, 0.717) is 0 Å². The first kappa shape index (κ1) is 17.9. The van der Waals surface area contributed by atoms with Gasteiger partial charge in [-0.1, -0.05) is 34.9 Å². The van der Waals surface area contributed by atoms with Crippen molar-refractivity contribution in [2.45, 2.75) is 41.5 Å². The first-order valence-electron chi connectivity index (χ1n) is 9.26. The van der Waals surface area contributed by atoms with Gasteiger partial charge < -0.3 is 0 Å². The molecule has 2 aromatic heterocycles. The van der Waals surface area contributed by atoms with Gasteiger partial charge >= 0.3 is 0 Å². The lowest BCUT2D eigenvalue weighted by atomic mass is 9.97. The summed E-state index contributed by atoms with van der Waals surface area (Å²) >= 11 is 1.82. The number of benzene rings is 2. The minimum absolute atomic E-state index is 1.04. The van der Waals surface area contributed by atoms with Crippen LogP contribution in [0, 0.1) is 41.5 Å². The van der Waals surface area contributed by atoms with Gasteiger partial charge in [0, 0.05) is 10.4 Å². The van der Waals surface area contributed by atoms with Crippen LogP contribution in [0.4, 0.5) is 0 Å². The van der Waals surface area contributed by atoms with Gasteiger partial charge in [-0.2, -0.15) is 0 Å². The average molecular weight is 373 g/mol. The van der Waals surface area contributed by atoms with Crippen molar-refractivity contribution < 1.29 is 0 Å². The SMILES string of the molecule is Cc1cc(C)cc(-c2ncnc3c(C)c(-c4c(C)cc(C)cc4C)sc23)c1. The maximum Gasteiger partial charge on any atom is 0.116 e. The van der Waals surface area contributed by atoms with Crippen LogP contribution in [0.15, 0.2) is 36.7 Å². The molecular formula is C24H24N2S. The Morgan fingerprint density at radius 3 is 1.93 bits per heavy atom. The van der Waals surface area contributed by atoms with Gasteiger partial charge in [0.05, 0.1) is 15.9 Å². The van der Waals surface area contributed by atoms with Crippen molar-refractivity contribution >= 4 is 21.6 Å². The van der Waals surface area contributed by atoms with Crippen molar-refractivity contribution in [2.24, 2.45) is 0 Å². The third kappa shape index (κ3) is 3.06. The molecule has 2 heterocycles. The Morgan fingerprint density at radius 1 is 0.704 bits per heavy atom. The van der Waals surface area contributed by atoms with Gasteiger partial charge in [0.2, 0.25) is 0 Å². The minimum atomic E-state index is 1.04. The van der Waals surface area contributed by atoms with Crippen molar-refractivity contribution in [3.63, 3.8) is 0 Å². The lowest BCUT2D eigenvalue weighted by Gasteiger charge is -2.10. The van der Waals surface area contributed by atoms with Crippen LogP contribution in [0.5, 0.6) is 0 Å². The molecule has 2 nitrogen and oxygen atoms in total. The van der Waals surface area contributed by atoms with Crippen LogP contribution in [0.25, 0.3) is 31.9 Å². The summed E-state index contributed by atoms with van der Waals surface area (Å²) in [6.45, 7) is 13.0. The molecule has 0 atom stereocenters. The average Bonchev–Trinajstić information content (AvgIpc) is 2.90. The molecule has 4 aromatic rings. The van der Waals surface area contributed by atoms with Crippen LogP contribution in [0.1, 0.15) is 33.4 Å². The van der Waals surface area contributed by atoms with E-state index in [1.807, 2.05) is 11.3 Å². The molecule has 0 aliphatic rings. The fraction of sp³-hybridized carbons (Fsp3) is 0.250. The summed E-state index contributed by atoms with van der Waals surface area (Å²) in [5.41, 5.74) is 12.3. The van der Waals surface area contributed by atoms with Gasteiger partial charge in [0.25, 0.3) is 0 Å². The Morgan fingerprint density at radius 2 is 1.30 bits per heavy atom. The Bertz CT molecular complexity index is 1140. The van der Waals surface area contributed by atoms with Gasteiger partial charge in [-0.05, 0) is 75.9 Å². The first-order chi connectivity index (χ1) is 12.8. The molecule has 4 rings (SSSR count). The molecule has 136 valence electrons. The van der Waals surface area contributed by atoms with E-state index in [2.05, 4.69) is 81.8 Å². The van der Waals surface area contributed by atoms with Crippen LogP contribution in [-0.4, -0.2) is 9.97 Å². The molecule has 0 bridgehead atoms. The van der Waals surface area contributed by atoms with E-state index >= 15 is 0 Å². The number of rotatable bonds is 2.